The summed E-state index contributed by atoms with van der Waals surface area (Å²) in [6, 6.07) is 11.5. The molecule has 0 aliphatic rings. The fourth-order valence-corrected chi connectivity index (χ4v) is 2.49. The molecule has 122 valence electrons. The van der Waals surface area contributed by atoms with Crippen molar-refractivity contribution in [2.75, 3.05) is 6.54 Å². The average molecular weight is 320 g/mol. The number of hydrogen-bond donors (Lipinski definition) is 1. The van der Waals surface area contributed by atoms with Crippen LogP contribution < -0.4 is 5.32 Å². The summed E-state index contributed by atoms with van der Waals surface area (Å²) in [5.74, 6) is 0.744. The maximum Gasteiger partial charge on any atom is 0.251 e. The summed E-state index contributed by atoms with van der Waals surface area (Å²) >= 11 is 0. The number of benzene rings is 1. The van der Waals surface area contributed by atoms with E-state index in [-0.39, 0.29) is 5.91 Å². The van der Waals surface area contributed by atoms with Crippen LogP contribution in [0.2, 0.25) is 0 Å². The van der Waals surface area contributed by atoms with E-state index < -0.39 is 0 Å². The van der Waals surface area contributed by atoms with E-state index in [1.54, 1.807) is 12.4 Å². The minimum Gasteiger partial charge on any atom is -0.350 e. The van der Waals surface area contributed by atoms with Gasteiger partial charge < -0.3 is 9.88 Å². The van der Waals surface area contributed by atoms with Gasteiger partial charge in [-0.3, -0.25) is 9.78 Å². The predicted molar refractivity (Wildman–Crippen MR) is 93.7 cm³/mol. The number of carbonyl (C=O) groups excluding carboxylic acids is 1. The van der Waals surface area contributed by atoms with E-state index in [4.69, 9.17) is 0 Å². The van der Waals surface area contributed by atoms with Crippen molar-refractivity contribution in [2.24, 2.45) is 0 Å². The van der Waals surface area contributed by atoms with Gasteiger partial charge in [-0.1, -0.05) is 12.1 Å². The van der Waals surface area contributed by atoms with Gasteiger partial charge in [0.2, 0.25) is 0 Å². The van der Waals surface area contributed by atoms with Gasteiger partial charge in [0.1, 0.15) is 5.69 Å². The van der Waals surface area contributed by atoms with Crippen LogP contribution in [0.15, 0.2) is 55.0 Å². The number of nitrogens with zero attached hydrogens (tertiary/aromatic N) is 3. The van der Waals surface area contributed by atoms with Gasteiger partial charge in [-0.2, -0.15) is 0 Å². The second-order valence-electron chi connectivity index (χ2n) is 5.71. The van der Waals surface area contributed by atoms with Crippen LogP contribution in [-0.4, -0.2) is 27.0 Å². The first-order valence-corrected chi connectivity index (χ1v) is 7.93. The lowest BCUT2D eigenvalue weighted by molar-refractivity contribution is 0.0952. The van der Waals surface area contributed by atoms with Crippen LogP contribution in [0, 0.1) is 13.8 Å². The molecule has 0 spiro atoms. The first-order valence-electron chi connectivity index (χ1n) is 7.93. The highest BCUT2D eigenvalue weighted by Crippen LogP contribution is 2.13. The SMILES string of the molecule is Cc1ccc(C(=O)NCCn2ccnc2-c2ccccn2)cc1C. The van der Waals surface area contributed by atoms with Crippen molar-refractivity contribution in [3.05, 3.63) is 71.7 Å². The molecule has 0 saturated heterocycles. The molecule has 0 aliphatic carbocycles. The molecule has 0 radical (unpaired) electrons. The van der Waals surface area contributed by atoms with Gasteiger partial charge in [-0.25, -0.2) is 4.98 Å². The number of pyridine rings is 1. The van der Waals surface area contributed by atoms with Crippen LogP contribution in [0.25, 0.3) is 11.5 Å². The minimum absolute atomic E-state index is 0.0578. The lowest BCUT2D eigenvalue weighted by Gasteiger charge is -2.10. The summed E-state index contributed by atoms with van der Waals surface area (Å²) in [6.45, 7) is 5.22. The standard InChI is InChI=1S/C19H20N4O/c1-14-6-7-16(13-15(14)2)19(24)22-10-12-23-11-9-21-18(23)17-5-3-4-8-20-17/h3-9,11,13H,10,12H2,1-2H3,(H,22,24). The Morgan fingerprint density at radius 3 is 2.71 bits per heavy atom. The Labute approximate surface area is 141 Å². The van der Waals surface area contributed by atoms with E-state index in [1.165, 1.54) is 5.56 Å². The number of hydrogen-bond acceptors (Lipinski definition) is 3. The third-order valence-corrected chi connectivity index (χ3v) is 4.02. The zero-order chi connectivity index (χ0) is 16.9. The molecule has 0 aliphatic heterocycles. The number of imidazole rings is 1. The Hall–Kier alpha value is -2.95. The molecule has 1 aromatic carbocycles. The molecule has 2 aromatic heterocycles. The smallest absolute Gasteiger partial charge is 0.251 e. The van der Waals surface area contributed by atoms with Crippen molar-refractivity contribution in [3.8, 4) is 11.5 Å². The van der Waals surface area contributed by atoms with E-state index in [2.05, 4.69) is 15.3 Å². The van der Waals surface area contributed by atoms with Gasteiger partial charge in [0.25, 0.3) is 5.91 Å². The highest BCUT2D eigenvalue weighted by Gasteiger charge is 2.09. The molecule has 5 nitrogen and oxygen atoms in total. The Morgan fingerprint density at radius 2 is 1.96 bits per heavy atom. The lowest BCUT2D eigenvalue weighted by atomic mass is 10.1. The molecule has 0 fully saturated rings. The zero-order valence-electron chi connectivity index (χ0n) is 13.9. The summed E-state index contributed by atoms with van der Waals surface area (Å²) in [5, 5.41) is 2.95. The van der Waals surface area contributed by atoms with Crippen LogP contribution in [0.3, 0.4) is 0 Å². The van der Waals surface area contributed by atoms with Crippen molar-refractivity contribution < 1.29 is 4.79 Å². The second kappa shape index (κ2) is 7.08. The quantitative estimate of drug-likeness (QED) is 0.786. The molecule has 2 heterocycles. The van der Waals surface area contributed by atoms with Crippen LogP contribution in [0.4, 0.5) is 0 Å². The second-order valence-corrected chi connectivity index (χ2v) is 5.71. The van der Waals surface area contributed by atoms with Gasteiger partial charge in [0, 0.05) is 37.2 Å². The van der Waals surface area contributed by atoms with Gasteiger partial charge >= 0.3 is 0 Å². The minimum atomic E-state index is -0.0578. The Morgan fingerprint density at radius 1 is 1.08 bits per heavy atom. The van der Waals surface area contributed by atoms with Gasteiger partial charge in [-0.05, 0) is 49.2 Å². The summed E-state index contributed by atoms with van der Waals surface area (Å²) in [6.07, 6.45) is 5.39. The molecule has 1 N–H and O–H groups in total. The molecule has 5 heteroatoms. The Kier molecular flexibility index (Phi) is 4.70. The van der Waals surface area contributed by atoms with E-state index in [1.807, 2.05) is 61.0 Å². The van der Waals surface area contributed by atoms with Crippen molar-refractivity contribution in [1.29, 1.82) is 0 Å². The third-order valence-electron chi connectivity index (χ3n) is 4.02. The van der Waals surface area contributed by atoms with Crippen LogP contribution >= 0.6 is 0 Å². The number of amides is 1. The van der Waals surface area contributed by atoms with Crippen LogP contribution in [0.1, 0.15) is 21.5 Å². The Balaban J connectivity index is 1.62. The van der Waals surface area contributed by atoms with Crippen molar-refractivity contribution in [2.45, 2.75) is 20.4 Å². The van der Waals surface area contributed by atoms with Gasteiger partial charge in [-0.15, -0.1) is 0 Å². The molecule has 0 bridgehead atoms. The fraction of sp³-hybridized carbons (Fsp3) is 0.211. The lowest BCUT2D eigenvalue weighted by Crippen LogP contribution is -2.27. The van der Waals surface area contributed by atoms with Gasteiger partial charge in [0.05, 0.1) is 0 Å². The molecule has 0 saturated carbocycles. The predicted octanol–water partition coefficient (Wildman–Crippen LogP) is 2.99. The molecular formula is C19H20N4O. The first-order chi connectivity index (χ1) is 11.6. The molecule has 3 aromatic rings. The summed E-state index contributed by atoms with van der Waals surface area (Å²) in [5.41, 5.74) is 3.82. The van der Waals surface area contributed by atoms with E-state index in [0.29, 0.717) is 18.7 Å². The molecular weight excluding hydrogens is 300 g/mol. The number of aryl methyl sites for hydroxylation is 2. The van der Waals surface area contributed by atoms with E-state index in [9.17, 15) is 4.79 Å². The summed E-state index contributed by atoms with van der Waals surface area (Å²) in [7, 11) is 0. The maximum atomic E-state index is 12.2. The molecule has 3 rings (SSSR count). The highest BCUT2D eigenvalue weighted by molar-refractivity contribution is 5.94. The summed E-state index contributed by atoms with van der Waals surface area (Å²) in [4.78, 5) is 20.9. The largest absolute Gasteiger partial charge is 0.350 e. The molecule has 0 unspecified atom stereocenters. The van der Waals surface area contributed by atoms with E-state index in [0.717, 1.165) is 17.1 Å². The molecule has 24 heavy (non-hydrogen) atoms. The van der Waals surface area contributed by atoms with Crippen molar-refractivity contribution in [3.63, 3.8) is 0 Å². The highest BCUT2D eigenvalue weighted by atomic mass is 16.1. The molecule has 0 atom stereocenters. The Bertz CT molecular complexity index is 840. The maximum absolute atomic E-state index is 12.2. The number of nitrogens with one attached hydrogen (secondary N) is 1. The number of aromatic nitrogens is 3. The average Bonchev–Trinajstić information content (AvgIpc) is 3.06. The van der Waals surface area contributed by atoms with E-state index >= 15 is 0 Å². The van der Waals surface area contributed by atoms with Crippen molar-refractivity contribution >= 4 is 5.91 Å². The number of rotatable bonds is 5. The normalized spacial score (nSPS) is 10.6. The molecule has 1 amide bonds. The van der Waals surface area contributed by atoms with Gasteiger partial charge in [0.15, 0.2) is 5.82 Å². The van der Waals surface area contributed by atoms with Crippen LogP contribution in [-0.2, 0) is 6.54 Å². The number of carbonyl (C=O) groups is 1. The zero-order valence-corrected chi connectivity index (χ0v) is 13.9. The van der Waals surface area contributed by atoms with Crippen LogP contribution in [0.5, 0.6) is 0 Å². The summed E-state index contributed by atoms with van der Waals surface area (Å²) < 4.78 is 1.99. The van der Waals surface area contributed by atoms with Crippen molar-refractivity contribution in [1.82, 2.24) is 19.9 Å². The first kappa shape index (κ1) is 15.9. The monoisotopic (exact) mass is 320 g/mol. The topological polar surface area (TPSA) is 59.8 Å². The fourth-order valence-electron chi connectivity index (χ4n) is 2.49. The third kappa shape index (κ3) is 3.51.